The summed E-state index contributed by atoms with van der Waals surface area (Å²) in [6.45, 7) is 9.27. The van der Waals surface area contributed by atoms with E-state index in [-0.39, 0.29) is 50.2 Å². The van der Waals surface area contributed by atoms with Gasteiger partial charge in [0.15, 0.2) is 0 Å². The maximum absolute atomic E-state index is 12.1. The number of ether oxygens (including phenoxy) is 12. The molecule has 3 atom stereocenters. The first-order valence-corrected chi connectivity index (χ1v) is 24.7. The first-order chi connectivity index (χ1) is 33.7. The Balaban J connectivity index is 1.14. The molecule has 6 amide bonds. The second-order valence-corrected chi connectivity index (χ2v) is 16.3. The van der Waals surface area contributed by atoms with E-state index in [1.165, 1.54) is 0 Å². The van der Waals surface area contributed by atoms with E-state index in [0.717, 1.165) is 25.0 Å². The van der Waals surface area contributed by atoms with Gasteiger partial charge in [0.1, 0.15) is 6.54 Å². The number of thioether (sulfide) groups is 1. The number of carboxylic acid groups (broad SMARTS) is 1. The minimum absolute atomic E-state index is 0.0311. The Bertz CT molecular complexity index is 1360. The van der Waals surface area contributed by atoms with E-state index in [1.807, 2.05) is 11.8 Å². The maximum Gasteiger partial charge on any atom is 0.322 e. The van der Waals surface area contributed by atoms with Crippen molar-refractivity contribution in [2.24, 2.45) is 0 Å². The topological polar surface area (TPSA) is 306 Å². The van der Waals surface area contributed by atoms with Crippen molar-refractivity contribution in [2.45, 2.75) is 49.4 Å². The highest BCUT2D eigenvalue weighted by Crippen LogP contribution is 2.33. The molecule has 2 heterocycles. The first kappa shape index (κ1) is 61.6. The molecule has 400 valence electrons. The van der Waals surface area contributed by atoms with E-state index in [9.17, 15) is 28.8 Å². The fourth-order valence-corrected chi connectivity index (χ4v) is 7.60. The average Bonchev–Trinajstić information content (AvgIpc) is 3.90. The van der Waals surface area contributed by atoms with E-state index in [2.05, 4.69) is 31.9 Å². The van der Waals surface area contributed by atoms with Crippen LogP contribution in [0.5, 0.6) is 0 Å². The zero-order valence-corrected chi connectivity index (χ0v) is 40.8. The van der Waals surface area contributed by atoms with Crippen LogP contribution in [-0.2, 0) is 80.8 Å². The average molecular weight is 1020 g/mol. The standard InChI is InChI=1S/C43H78N6O19S/c50-37(4-2-1-3-36-42-35(34-69-36)48-43(56)49-42)44-6-8-58-10-12-60-14-16-62-18-20-64-22-24-66-26-28-68-30-29-67-27-25-65-23-21-63-19-17-61-15-13-59-11-9-57-7-5-38(51)45-31-39(52)46-32-40(53)47-33-41(54)55/h35-36,42H,1-34H2,(H,44,50)(H,45,51)(H,46,52)(H,47,53)(H,54,55)(H2,48,49,56). The number of rotatable bonds is 50. The number of hydrogen-bond donors (Lipinski definition) is 7. The summed E-state index contributed by atoms with van der Waals surface area (Å²) in [6, 6.07) is 0.376. The van der Waals surface area contributed by atoms with Gasteiger partial charge in [-0.15, -0.1) is 0 Å². The van der Waals surface area contributed by atoms with Crippen LogP contribution in [0.25, 0.3) is 0 Å². The summed E-state index contributed by atoms with van der Waals surface area (Å²) < 4.78 is 65.6. The molecule has 0 bridgehead atoms. The van der Waals surface area contributed by atoms with Crippen molar-refractivity contribution >= 4 is 47.4 Å². The van der Waals surface area contributed by atoms with Crippen molar-refractivity contribution in [1.29, 1.82) is 0 Å². The number of nitrogens with one attached hydrogen (secondary N) is 6. The lowest BCUT2D eigenvalue weighted by atomic mass is 10.0. The minimum Gasteiger partial charge on any atom is -0.480 e. The molecule has 2 aliphatic heterocycles. The lowest BCUT2D eigenvalue weighted by Crippen LogP contribution is -2.43. The van der Waals surface area contributed by atoms with Gasteiger partial charge in [0.05, 0.1) is 184 Å². The maximum atomic E-state index is 12.1. The van der Waals surface area contributed by atoms with Gasteiger partial charge in [-0.1, -0.05) is 6.42 Å². The van der Waals surface area contributed by atoms with Crippen molar-refractivity contribution in [3.8, 4) is 0 Å². The highest BCUT2D eigenvalue weighted by molar-refractivity contribution is 8.00. The number of urea groups is 1. The van der Waals surface area contributed by atoms with E-state index >= 15 is 0 Å². The molecule has 2 rings (SSSR count). The lowest BCUT2D eigenvalue weighted by Gasteiger charge is -2.16. The van der Waals surface area contributed by atoms with Crippen molar-refractivity contribution in [3.05, 3.63) is 0 Å². The van der Waals surface area contributed by atoms with Gasteiger partial charge in [0, 0.05) is 30.4 Å². The Kier molecular flexibility index (Phi) is 39.7. The van der Waals surface area contributed by atoms with Crippen LogP contribution in [0.1, 0.15) is 32.1 Å². The molecule has 0 saturated carbocycles. The predicted octanol–water partition coefficient (Wildman–Crippen LogP) is -2.15. The van der Waals surface area contributed by atoms with Crippen LogP contribution < -0.4 is 31.9 Å². The number of aliphatic carboxylic acids is 1. The second kappa shape index (κ2) is 44.4. The Labute approximate surface area is 409 Å². The van der Waals surface area contributed by atoms with Gasteiger partial charge in [-0.3, -0.25) is 24.0 Å². The summed E-state index contributed by atoms with van der Waals surface area (Å²) in [5.41, 5.74) is 0. The molecule has 7 N–H and O–H groups in total. The number of carbonyl (C=O) groups is 6. The predicted molar refractivity (Wildman–Crippen MR) is 248 cm³/mol. The summed E-state index contributed by atoms with van der Waals surface area (Å²) in [6.07, 6.45) is 3.33. The SMILES string of the molecule is O=C(O)CNC(=O)CNC(=O)CNC(=O)CCOCCOCCOCCOCCOCCOCCOCCOCCOCCOCCOCCOCCNC(=O)CCCCC1SCC2NC(=O)NC21. The molecule has 26 heteroatoms. The summed E-state index contributed by atoms with van der Waals surface area (Å²) in [4.78, 5) is 68.7. The highest BCUT2D eigenvalue weighted by Gasteiger charge is 2.42. The van der Waals surface area contributed by atoms with Crippen molar-refractivity contribution in [2.75, 3.05) is 190 Å². The number of hydrogen-bond acceptors (Lipinski definition) is 19. The second-order valence-electron chi connectivity index (χ2n) is 15.0. The van der Waals surface area contributed by atoms with Crippen LogP contribution in [0, 0.1) is 0 Å². The van der Waals surface area contributed by atoms with Crippen LogP contribution in [0.2, 0.25) is 0 Å². The third kappa shape index (κ3) is 37.9. The molecule has 69 heavy (non-hydrogen) atoms. The Hall–Kier alpha value is -3.51. The van der Waals surface area contributed by atoms with Crippen molar-refractivity contribution in [1.82, 2.24) is 31.9 Å². The van der Waals surface area contributed by atoms with Crippen molar-refractivity contribution in [3.63, 3.8) is 0 Å². The smallest absolute Gasteiger partial charge is 0.322 e. The van der Waals surface area contributed by atoms with Gasteiger partial charge in [-0.2, -0.15) is 11.8 Å². The summed E-state index contributed by atoms with van der Waals surface area (Å²) in [7, 11) is 0. The number of carboxylic acids is 1. The van der Waals surface area contributed by atoms with E-state index in [4.69, 9.17) is 61.9 Å². The summed E-state index contributed by atoms with van der Waals surface area (Å²) >= 11 is 1.89. The highest BCUT2D eigenvalue weighted by atomic mass is 32.2. The lowest BCUT2D eigenvalue weighted by molar-refractivity contribution is -0.137. The third-order valence-corrected chi connectivity index (χ3v) is 11.1. The minimum atomic E-state index is -1.20. The number of amides is 6. The van der Waals surface area contributed by atoms with Gasteiger partial charge < -0.3 is 93.8 Å². The van der Waals surface area contributed by atoms with Crippen LogP contribution in [0.4, 0.5) is 4.79 Å². The molecule has 2 aliphatic rings. The van der Waals surface area contributed by atoms with Gasteiger partial charge in [-0.25, -0.2) is 4.79 Å². The van der Waals surface area contributed by atoms with E-state index in [0.29, 0.717) is 164 Å². The fraction of sp³-hybridized carbons (Fsp3) is 0.860. The zero-order chi connectivity index (χ0) is 49.7. The van der Waals surface area contributed by atoms with Gasteiger partial charge in [0.25, 0.3) is 0 Å². The van der Waals surface area contributed by atoms with Gasteiger partial charge in [0.2, 0.25) is 23.6 Å². The fourth-order valence-electron chi connectivity index (χ4n) is 6.06. The van der Waals surface area contributed by atoms with Crippen molar-refractivity contribution < 1.29 is 90.7 Å². The number of unbranched alkanes of at least 4 members (excludes halogenated alkanes) is 1. The van der Waals surface area contributed by atoms with E-state index in [1.54, 1.807) is 0 Å². The summed E-state index contributed by atoms with van der Waals surface area (Å²) in [5, 5.41) is 24.5. The molecule has 25 nitrogen and oxygen atoms in total. The third-order valence-electron chi connectivity index (χ3n) is 9.54. The molecule has 0 aromatic carbocycles. The number of carbonyl (C=O) groups excluding carboxylic acids is 5. The Morgan fingerprint density at radius 3 is 1.23 bits per heavy atom. The van der Waals surface area contributed by atoms with Crippen LogP contribution in [0.15, 0.2) is 0 Å². The number of fused-ring (bicyclic) bond motifs is 1. The molecular weight excluding hydrogens is 937 g/mol. The monoisotopic (exact) mass is 1010 g/mol. The van der Waals surface area contributed by atoms with Gasteiger partial charge >= 0.3 is 12.0 Å². The molecular formula is C43H78N6O19S. The largest absolute Gasteiger partial charge is 0.480 e. The first-order valence-electron chi connectivity index (χ1n) is 23.6. The zero-order valence-electron chi connectivity index (χ0n) is 40.0. The molecule has 0 aromatic rings. The quantitative estimate of drug-likeness (QED) is 0.0253. The van der Waals surface area contributed by atoms with Crippen LogP contribution in [-0.4, -0.2) is 249 Å². The van der Waals surface area contributed by atoms with E-state index < -0.39 is 36.8 Å². The van der Waals surface area contributed by atoms with Crippen LogP contribution in [0.3, 0.4) is 0 Å². The molecule has 0 radical (unpaired) electrons. The normalized spacial score (nSPS) is 16.2. The molecule has 2 fully saturated rings. The Morgan fingerprint density at radius 2 is 0.812 bits per heavy atom. The molecule has 0 spiro atoms. The molecule has 3 unspecified atom stereocenters. The Morgan fingerprint density at radius 1 is 0.449 bits per heavy atom. The van der Waals surface area contributed by atoms with Crippen LogP contribution >= 0.6 is 11.8 Å². The molecule has 2 saturated heterocycles. The molecule has 0 aromatic heterocycles. The summed E-state index contributed by atoms with van der Waals surface area (Å²) in [5.74, 6) is -1.87. The molecule has 0 aliphatic carbocycles. The van der Waals surface area contributed by atoms with Gasteiger partial charge in [-0.05, 0) is 12.8 Å².